The minimum Gasteiger partial charge on any atom is -0.497 e. The van der Waals surface area contributed by atoms with Crippen molar-refractivity contribution in [1.82, 2.24) is 4.90 Å². The van der Waals surface area contributed by atoms with Crippen molar-refractivity contribution in [3.63, 3.8) is 0 Å². The van der Waals surface area contributed by atoms with E-state index in [1.165, 1.54) is 5.56 Å². The van der Waals surface area contributed by atoms with E-state index in [1.807, 2.05) is 41.3 Å². The molecule has 2 aromatic carbocycles. The molecule has 1 fully saturated rings. The summed E-state index contributed by atoms with van der Waals surface area (Å²) in [6, 6.07) is 15.5. The maximum Gasteiger partial charge on any atom is 0.257 e. The van der Waals surface area contributed by atoms with Gasteiger partial charge in [-0.25, -0.2) is 0 Å². The van der Waals surface area contributed by atoms with E-state index in [-0.39, 0.29) is 5.91 Å². The molecule has 120 valence electrons. The molecule has 4 heteroatoms. The fourth-order valence-corrected chi connectivity index (χ4v) is 3.08. The zero-order chi connectivity index (χ0) is 16.2. The molecule has 23 heavy (non-hydrogen) atoms. The summed E-state index contributed by atoms with van der Waals surface area (Å²) in [6.07, 6.45) is 0.979. The summed E-state index contributed by atoms with van der Waals surface area (Å²) in [7, 11) is 3.26. The first kappa shape index (κ1) is 15.4. The molecule has 3 rings (SSSR count). The highest BCUT2D eigenvalue weighted by atomic mass is 16.5. The lowest BCUT2D eigenvalue weighted by Gasteiger charge is -2.18. The Morgan fingerprint density at radius 2 is 1.78 bits per heavy atom. The van der Waals surface area contributed by atoms with Crippen LogP contribution in [-0.4, -0.2) is 38.1 Å². The average Bonchev–Trinajstić information content (AvgIpc) is 3.11. The number of rotatable bonds is 4. The van der Waals surface area contributed by atoms with Gasteiger partial charge in [0.1, 0.15) is 11.5 Å². The quantitative estimate of drug-likeness (QED) is 0.869. The van der Waals surface area contributed by atoms with Crippen LogP contribution in [-0.2, 0) is 0 Å². The van der Waals surface area contributed by atoms with Crippen molar-refractivity contribution in [1.29, 1.82) is 0 Å². The third kappa shape index (κ3) is 3.16. The number of methoxy groups -OCH3 is 2. The molecule has 1 atom stereocenters. The molecule has 1 aliphatic heterocycles. The highest BCUT2D eigenvalue weighted by Crippen LogP contribution is 2.30. The average molecular weight is 311 g/mol. The Balaban J connectivity index is 1.72. The van der Waals surface area contributed by atoms with Crippen LogP contribution in [0.2, 0.25) is 0 Å². The highest BCUT2D eigenvalue weighted by molar-refractivity contribution is 5.97. The number of hydrogen-bond acceptors (Lipinski definition) is 3. The topological polar surface area (TPSA) is 38.8 Å². The van der Waals surface area contributed by atoms with E-state index in [2.05, 4.69) is 12.1 Å². The summed E-state index contributed by atoms with van der Waals surface area (Å²) in [5, 5.41) is 0. The summed E-state index contributed by atoms with van der Waals surface area (Å²) < 4.78 is 10.5. The maximum atomic E-state index is 12.7. The van der Waals surface area contributed by atoms with E-state index in [1.54, 1.807) is 14.2 Å². The first-order valence-electron chi connectivity index (χ1n) is 7.79. The molecule has 0 saturated carbocycles. The van der Waals surface area contributed by atoms with Crippen LogP contribution in [0.15, 0.2) is 48.5 Å². The van der Waals surface area contributed by atoms with Gasteiger partial charge in [-0.1, -0.05) is 24.3 Å². The minimum atomic E-state index is 0.0402. The number of nitrogens with zero attached hydrogens (tertiary/aromatic N) is 1. The molecule has 0 aromatic heterocycles. The van der Waals surface area contributed by atoms with Crippen LogP contribution in [0, 0.1) is 0 Å². The van der Waals surface area contributed by atoms with Gasteiger partial charge in [-0.3, -0.25) is 4.79 Å². The van der Waals surface area contributed by atoms with Crippen LogP contribution in [0.1, 0.15) is 28.3 Å². The van der Waals surface area contributed by atoms with E-state index in [0.717, 1.165) is 25.3 Å². The van der Waals surface area contributed by atoms with Crippen LogP contribution < -0.4 is 9.47 Å². The smallest absolute Gasteiger partial charge is 0.257 e. The monoisotopic (exact) mass is 311 g/mol. The van der Waals surface area contributed by atoms with Gasteiger partial charge in [0.05, 0.1) is 19.8 Å². The van der Waals surface area contributed by atoms with Crippen LogP contribution in [0.25, 0.3) is 0 Å². The van der Waals surface area contributed by atoms with E-state index >= 15 is 0 Å². The third-order valence-corrected chi connectivity index (χ3v) is 4.40. The van der Waals surface area contributed by atoms with Crippen molar-refractivity contribution < 1.29 is 14.3 Å². The zero-order valence-corrected chi connectivity index (χ0v) is 13.5. The van der Waals surface area contributed by atoms with Gasteiger partial charge in [0, 0.05) is 19.0 Å². The molecule has 1 amide bonds. The Morgan fingerprint density at radius 3 is 2.48 bits per heavy atom. The Kier molecular flexibility index (Phi) is 4.51. The molecular formula is C19H21NO3. The van der Waals surface area contributed by atoms with E-state index in [4.69, 9.17) is 9.47 Å². The first-order chi connectivity index (χ1) is 11.2. The first-order valence-corrected chi connectivity index (χ1v) is 7.79. The molecule has 0 aliphatic carbocycles. The molecule has 1 unspecified atom stereocenters. The number of amides is 1. The molecule has 1 aliphatic rings. The third-order valence-electron chi connectivity index (χ3n) is 4.40. The second kappa shape index (κ2) is 6.73. The predicted octanol–water partition coefficient (Wildman–Crippen LogP) is 3.33. The molecule has 0 radical (unpaired) electrons. The Morgan fingerprint density at radius 1 is 1.04 bits per heavy atom. The van der Waals surface area contributed by atoms with Gasteiger partial charge in [0.25, 0.3) is 5.91 Å². The van der Waals surface area contributed by atoms with Crippen LogP contribution in [0.5, 0.6) is 11.5 Å². The number of para-hydroxylation sites is 1. The SMILES string of the molecule is COc1ccc(C2CCN(C(=O)c3ccccc3OC)C2)cc1. The molecule has 0 bridgehead atoms. The summed E-state index contributed by atoms with van der Waals surface area (Å²) in [5.74, 6) is 1.90. The fraction of sp³-hybridized carbons (Fsp3) is 0.316. The zero-order valence-electron chi connectivity index (χ0n) is 13.5. The fourth-order valence-electron chi connectivity index (χ4n) is 3.08. The van der Waals surface area contributed by atoms with Gasteiger partial charge >= 0.3 is 0 Å². The molecule has 0 spiro atoms. The Bertz CT molecular complexity index is 681. The van der Waals surface area contributed by atoms with Crippen molar-refractivity contribution in [3.05, 3.63) is 59.7 Å². The maximum absolute atomic E-state index is 12.7. The summed E-state index contributed by atoms with van der Waals surface area (Å²) in [4.78, 5) is 14.6. The number of benzene rings is 2. The van der Waals surface area contributed by atoms with Gasteiger partial charge < -0.3 is 14.4 Å². The predicted molar refractivity (Wildman–Crippen MR) is 89.2 cm³/mol. The van der Waals surface area contributed by atoms with Crippen LogP contribution in [0.4, 0.5) is 0 Å². The van der Waals surface area contributed by atoms with Gasteiger partial charge in [-0.05, 0) is 36.2 Å². The van der Waals surface area contributed by atoms with E-state index in [0.29, 0.717) is 17.2 Å². The normalized spacial score (nSPS) is 17.1. The second-order valence-electron chi connectivity index (χ2n) is 5.71. The molecule has 1 saturated heterocycles. The number of hydrogen-bond donors (Lipinski definition) is 0. The number of carbonyl (C=O) groups excluding carboxylic acids is 1. The van der Waals surface area contributed by atoms with Crippen molar-refractivity contribution in [2.24, 2.45) is 0 Å². The Hall–Kier alpha value is -2.49. The van der Waals surface area contributed by atoms with E-state index in [9.17, 15) is 4.79 Å². The van der Waals surface area contributed by atoms with Crippen molar-refractivity contribution in [2.75, 3.05) is 27.3 Å². The summed E-state index contributed by atoms with van der Waals surface area (Å²) in [6.45, 7) is 1.51. The second-order valence-corrected chi connectivity index (χ2v) is 5.71. The lowest BCUT2D eigenvalue weighted by molar-refractivity contribution is 0.0787. The van der Waals surface area contributed by atoms with Gasteiger partial charge in [-0.15, -0.1) is 0 Å². The minimum absolute atomic E-state index is 0.0402. The number of carbonyl (C=O) groups is 1. The summed E-state index contributed by atoms with van der Waals surface area (Å²) >= 11 is 0. The lowest BCUT2D eigenvalue weighted by Crippen LogP contribution is -2.28. The molecule has 4 nitrogen and oxygen atoms in total. The lowest BCUT2D eigenvalue weighted by atomic mass is 9.98. The molecule has 1 heterocycles. The van der Waals surface area contributed by atoms with Gasteiger partial charge in [-0.2, -0.15) is 0 Å². The van der Waals surface area contributed by atoms with Crippen molar-refractivity contribution in [2.45, 2.75) is 12.3 Å². The summed E-state index contributed by atoms with van der Waals surface area (Å²) in [5.41, 5.74) is 1.88. The molecular weight excluding hydrogens is 290 g/mol. The number of ether oxygens (including phenoxy) is 2. The van der Waals surface area contributed by atoms with Gasteiger partial charge in [0.2, 0.25) is 0 Å². The standard InChI is InChI=1S/C19H21NO3/c1-22-16-9-7-14(8-10-16)15-11-12-20(13-15)19(21)17-5-3-4-6-18(17)23-2/h3-10,15H,11-13H2,1-2H3. The van der Waals surface area contributed by atoms with Crippen LogP contribution >= 0.6 is 0 Å². The van der Waals surface area contributed by atoms with Crippen molar-refractivity contribution in [3.8, 4) is 11.5 Å². The van der Waals surface area contributed by atoms with E-state index < -0.39 is 0 Å². The molecule has 2 aromatic rings. The molecule has 0 N–H and O–H groups in total. The highest BCUT2D eigenvalue weighted by Gasteiger charge is 2.29. The Labute approximate surface area is 136 Å². The largest absolute Gasteiger partial charge is 0.497 e. The van der Waals surface area contributed by atoms with Crippen molar-refractivity contribution >= 4 is 5.91 Å². The van der Waals surface area contributed by atoms with Gasteiger partial charge in [0.15, 0.2) is 0 Å². The number of likely N-dealkylation sites (tertiary alicyclic amines) is 1. The van der Waals surface area contributed by atoms with Crippen LogP contribution in [0.3, 0.4) is 0 Å².